The summed E-state index contributed by atoms with van der Waals surface area (Å²) in [6.07, 6.45) is -1.35. The summed E-state index contributed by atoms with van der Waals surface area (Å²) in [7, 11) is 0. The Morgan fingerprint density at radius 1 is 1.00 bits per heavy atom. The molecule has 8 heteroatoms. The minimum absolute atomic E-state index is 0.0318. The molecule has 0 heterocycles. The van der Waals surface area contributed by atoms with Crippen LogP contribution in [0, 0.1) is 0 Å². The van der Waals surface area contributed by atoms with E-state index in [4.69, 9.17) is 10.5 Å². The molecule has 4 N–H and O–H groups in total. The lowest BCUT2D eigenvalue weighted by Crippen LogP contribution is -2.45. The lowest BCUT2D eigenvalue weighted by Gasteiger charge is -2.26. The van der Waals surface area contributed by atoms with Crippen molar-refractivity contribution in [3.05, 3.63) is 65.7 Å². The van der Waals surface area contributed by atoms with E-state index < -0.39 is 30.1 Å². The SMILES string of the molecule is C[C@H](N)C(=O)Oc1ccc(C[C@@H](C(=O)O)N(Cc2ccccc2)C(=O)O)cc1. The molecule has 0 aromatic heterocycles. The first-order chi connectivity index (χ1) is 13.3. The van der Waals surface area contributed by atoms with Crippen LogP contribution in [0.15, 0.2) is 54.6 Å². The summed E-state index contributed by atoms with van der Waals surface area (Å²) in [6, 6.07) is 12.9. The minimum Gasteiger partial charge on any atom is -0.480 e. The average Bonchev–Trinajstić information content (AvgIpc) is 2.66. The van der Waals surface area contributed by atoms with Crippen molar-refractivity contribution in [2.24, 2.45) is 5.73 Å². The number of hydrogen-bond donors (Lipinski definition) is 3. The Bertz CT molecular complexity index is 820. The van der Waals surface area contributed by atoms with Gasteiger partial charge >= 0.3 is 18.0 Å². The standard InChI is InChI=1S/C20H22N2O6/c1-13(21)19(25)28-16-9-7-14(8-10-16)11-17(18(23)24)22(20(26)27)12-15-5-3-2-4-6-15/h2-10,13,17H,11-12,21H2,1H3,(H,23,24)(H,26,27)/t13-,17-/m0/s1. The zero-order valence-corrected chi connectivity index (χ0v) is 15.3. The van der Waals surface area contributed by atoms with Crippen molar-refractivity contribution in [3.8, 4) is 5.75 Å². The monoisotopic (exact) mass is 386 g/mol. The van der Waals surface area contributed by atoms with Gasteiger partial charge in [0.05, 0.1) is 0 Å². The highest BCUT2D eigenvalue weighted by Crippen LogP contribution is 2.18. The number of aliphatic carboxylic acids is 1. The Morgan fingerprint density at radius 3 is 2.11 bits per heavy atom. The average molecular weight is 386 g/mol. The van der Waals surface area contributed by atoms with Gasteiger partial charge in [0, 0.05) is 13.0 Å². The number of carboxylic acid groups (broad SMARTS) is 2. The minimum atomic E-state index is -1.32. The van der Waals surface area contributed by atoms with Crippen molar-refractivity contribution in [2.75, 3.05) is 0 Å². The predicted molar refractivity (Wildman–Crippen MR) is 101 cm³/mol. The van der Waals surface area contributed by atoms with Crippen molar-refractivity contribution < 1.29 is 29.3 Å². The number of carboxylic acids is 1. The Kier molecular flexibility index (Phi) is 7.11. The van der Waals surface area contributed by atoms with Gasteiger partial charge in [-0.25, -0.2) is 14.4 Å². The number of carbonyl (C=O) groups excluding carboxylic acids is 1. The van der Waals surface area contributed by atoms with Crippen LogP contribution in [0.1, 0.15) is 18.1 Å². The molecule has 28 heavy (non-hydrogen) atoms. The molecular formula is C20H22N2O6. The highest BCUT2D eigenvalue weighted by atomic mass is 16.5. The third kappa shape index (κ3) is 5.82. The van der Waals surface area contributed by atoms with Gasteiger partial charge in [-0.05, 0) is 30.2 Å². The Hall–Kier alpha value is -3.39. The summed E-state index contributed by atoms with van der Waals surface area (Å²) in [4.78, 5) is 35.8. The molecule has 0 spiro atoms. The van der Waals surface area contributed by atoms with E-state index in [2.05, 4.69) is 0 Å². The molecular weight excluding hydrogens is 364 g/mol. The van der Waals surface area contributed by atoms with Crippen molar-refractivity contribution in [2.45, 2.75) is 32.0 Å². The van der Waals surface area contributed by atoms with Gasteiger partial charge in [-0.3, -0.25) is 4.90 Å². The van der Waals surface area contributed by atoms with Crippen molar-refractivity contribution in [1.82, 2.24) is 4.90 Å². The molecule has 1 amide bonds. The summed E-state index contributed by atoms with van der Waals surface area (Å²) in [5.74, 6) is -1.56. The quantitative estimate of drug-likeness (QED) is 0.468. The van der Waals surface area contributed by atoms with Crippen LogP contribution in [0.25, 0.3) is 0 Å². The molecule has 0 saturated heterocycles. The van der Waals surface area contributed by atoms with E-state index in [0.717, 1.165) is 4.90 Å². The van der Waals surface area contributed by atoms with E-state index in [0.29, 0.717) is 11.1 Å². The third-order valence-corrected chi connectivity index (χ3v) is 4.05. The topological polar surface area (TPSA) is 130 Å². The van der Waals surface area contributed by atoms with Gasteiger partial charge in [0.2, 0.25) is 0 Å². The van der Waals surface area contributed by atoms with Crippen LogP contribution >= 0.6 is 0 Å². The Labute approximate surface area is 162 Å². The second kappa shape index (κ2) is 9.52. The van der Waals surface area contributed by atoms with Crippen LogP contribution in [0.3, 0.4) is 0 Å². The zero-order valence-electron chi connectivity index (χ0n) is 15.3. The maximum absolute atomic E-state index is 11.7. The molecule has 0 unspecified atom stereocenters. The van der Waals surface area contributed by atoms with Gasteiger partial charge in [-0.1, -0.05) is 42.5 Å². The van der Waals surface area contributed by atoms with Gasteiger partial charge in [0.25, 0.3) is 0 Å². The number of carbonyl (C=O) groups is 3. The van der Waals surface area contributed by atoms with E-state index in [-0.39, 0.29) is 18.7 Å². The third-order valence-electron chi connectivity index (χ3n) is 4.05. The van der Waals surface area contributed by atoms with Gasteiger partial charge < -0.3 is 20.7 Å². The lowest BCUT2D eigenvalue weighted by atomic mass is 10.0. The molecule has 0 aliphatic rings. The zero-order chi connectivity index (χ0) is 20.7. The predicted octanol–water partition coefficient (Wildman–Crippen LogP) is 2.12. The smallest absolute Gasteiger partial charge is 0.408 e. The molecule has 0 saturated carbocycles. The summed E-state index contributed by atoms with van der Waals surface area (Å²) in [5, 5.41) is 19.1. The first kappa shape index (κ1) is 20.9. The number of rotatable bonds is 8. The van der Waals surface area contributed by atoms with Crippen LogP contribution < -0.4 is 10.5 Å². The van der Waals surface area contributed by atoms with Crippen LogP contribution in [-0.2, 0) is 22.6 Å². The van der Waals surface area contributed by atoms with E-state index in [1.54, 1.807) is 42.5 Å². The number of amides is 1. The fourth-order valence-corrected chi connectivity index (χ4v) is 2.55. The fourth-order valence-electron chi connectivity index (χ4n) is 2.55. The summed E-state index contributed by atoms with van der Waals surface area (Å²) < 4.78 is 5.06. The number of ether oxygens (including phenoxy) is 1. The molecule has 0 radical (unpaired) electrons. The largest absolute Gasteiger partial charge is 0.480 e. The van der Waals surface area contributed by atoms with Gasteiger partial charge in [0.1, 0.15) is 17.8 Å². The molecule has 2 aromatic rings. The number of nitrogens with two attached hydrogens (primary N) is 1. The Morgan fingerprint density at radius 2 is 1.61 bits per heavy atom. The van der Waals surface area contributed by atoms with Crippen LogP contribution in [0.5, 0.6) is 5.75 Å². The number of esters is 1. The van der Waals surface area contributed by atoms with Crippen molar-refractivity contribution in [3.63, 3.8) is 0 Å². The molecule has 8 nitrogen and oxygen atoms in total. The van der Waals surface area contributed by atoms with E-state index in [1.165, 1.54) is 19.1 Å². The molecule has 148 valence electrons. The molecule has 0 bridgehead atoms. The molecule has 2 atom stereocenters. The number of nitrogens with zero attached hydrogens (tertiary/aromatic N) is 1. The molecule has 0 aliphatic carbocycles. The van der Waals surface area contributed by atoms with Crippen molar-refractivity contribution >= 4 is 18.0 Å². The van der Waals surface area contributed by atoms with E-state index >= 15 is 0 Å². The normalized spacial score (nSPS) is 12.6. The van der Waals surface area contributed by atoms with Crippen LogP contribution in [0.4, 0.5) is 4.79 Å². The van der Waals surface area contributed by atoms with Crippen LogP contribution in [-0.4, -0.2) is 45.2 Å². The van der Waals surface area contributed by atoms with Gasteiger partial charge in [-0.15, -0.1) is 0 Å². The summed E-state index contributed by atoms with van der Waals surface area (Å²) in [6.45, 7) is 1.46. The second-order valence-corrected chi connectivity index (χ2v) is 6.31. The summed E-state index contributed by atoms with van der Waals surface area (Å²) >= 11 is 0. The van der Waals surface area contributed by atoms with E-state index in [9.17, 15) is 24.6 Å². The van der Waals surface area contributed by atoms with Gasteiger partial charge in [-0.2, -0.15) is 0 Å². The highest BCUT2D eigenvalue weighted by Gasteiger charge is 2.30. The lowest BCUT2D eigenvalue weighted by molar-refractivity contribution is -0.142. The first-order valence-electron chi connectivity index (χ1n) is 8.60. The van der Waals surface area contributed by atoms with Crippen molar-refractivity contribution in [1.29, 1.82) is 0 Å². The van der Waals surface area contributed by atoms with E-state index in [1.807, 2.05) is 0 Å². The molecule has 2 rings (SSSR count). The molecule has 0 aliphatic heterocycles. The fraction of sp³-hybridized carbons (Fsp3) is 0.250. The van der Waals surface area contributed by atoms with Gasteiger partial charge in [0.15, 0.2) is 0 Å². The number of benzene rings is 2. The van der Waals surface area contributed by atoms with Crippen LogP contribution in [0.2, 0.25) is 0 Å². The maximum Gasteiger partial charge on any atom is 0.408 e. The summed E-state index contributed by atoms with van der Waals surface area (Å²) in [5.41, 5.74) is 6.72. The molecule has 2 aromatic carbocycles. The molecule has 0 fully saturated rings. The first-order valence-corrected chi connectivity index (χ1v) is 8.60. The Balaban J connectivity index is 2.15. The highest BCUT2D eigenvalue weighted by molar-refractivity contribution is 5.80. The number of hydrogen-bond acceptors (Lipinski definition) is 5. The maximum atomic E-state index is 11.7. The second-order valence-electron chi connectivity index (χ2n) is 6.31.